The predicted molar refractivity (Wildman–Crippen MR) is 84.8 cm³/mol. The molecule has 0 amide bonds. The molecular weight excluding hydrogens is 260 g/mol. The SMILES string of the molecule is CCn1ccnc1CC(NN)C1CCCc2ccccc21. The van der Waals surface area contributed by atoms with Crippen molar-refractivity contribution in [3.8, 4) is 0 Å². The van der Waals surface area contributed by atoms with Crippen LogP contribution in [0.1, 0.15) is 42.6 Å². The third-order valence-corrected chi connectivity index (χ3v) is 4.66. The Hall–Kier alpha value is -1.65. The van der Waals surface area contributed by atoms with Gasteiger partial charge in [-0.1, -0.05) is 24.3 Å². The van der Waals surface area contributed by atoms with Crippen LogP contribution < -0.4 is 11.3 Å². The van der Waals surface area contributed by atoms with Gasteiger partial charge in [-0.2, -0.15) is 0 Å². The normalized spacial score (nSPS) is 19.2. The molecule has 3 N–H and O–H groups in total. The van der Waals surface area contributed by atoms with Crippen molar-refractivity contribution in [1.82, 2.24) is 15.0 Å². The summed E-state index contributed by atoms with van der Waals surface area (Å²) < 4.78 is 2.19. The highest BCUT2D eigenvalue weighted by molar-refractivity contribution is 5.34. The Morgan fingerprint density at radius 1 is 1.43 bits per heavy atom. The van der Waals surface area contributed by atoms with E-state index in [9.17, 15) is 0 Å². The summed E-state index contributed by atoms with van der Waals surface area (Å²) in [6, 6.07) is 9.02. The van der Waals surface area contributed by atoms with Crippen LogP contribution >= 0.6 is 0 Å². The summed E-state index contributed by atoms with van der Waals surface area (Å²) in [6.07, 6.45) is 8.41. The summed E-state index contributed by atoms with van der Waals surface area (Å²) in [6.45, 7) is 3.10. The van der Waals surface area contributed by atoms with Crippen molar-refractivity contribution >= 4 is 0 Å². The second-order valence-electron chi connectivity index (χ2n) is 5.80. The van der Waals surface area contributed by atoms with Crippen LogP contribution in [-0.2, 0) is 19.4 Å². The fraction of sp³-hybridized carbons (Fsp3) is 0.471. The second-order valence-corrected chi connectivity index (χ2v) is 5.80. The first-order valence-corrected chi connectivity index (χ1v) is 7.87. The Bertz CT molecular complexity index is 590. The van der Waals surface area contributed by atoms with E-state index in [1.165, 1.54) is 30.4 Å². The lowest BCUT2D eigenvalue weighted by Crippen LogP contribution is -2.43. The molecule has 112 valence electrons. The number of hydrogen-bond donors (Lipinski definition) is 2. The number of nitrogens with two attached hydrogens (primary N) is 1. The van der Waals surface area contributed by atoms with Crippen molar-refractivity contribution in [2.24, 2.45) is 5.84 Å². The maximum absolute atomic E-state index is 5.88. The Morgan fingerprint density at radius 2 is 2.29 bits per heavy atom. The van der Waals surface area contributed by atoms with Crippen LogP contribution in [0.5, 0.6) is 0 Å². The Labute approximate surface area is 126 Å². The summed E-state index contributed by atoms with van der Waals surface area (Å²) in [5, 5.41) is 0. The molecule has 1 aromatic heterocycles. The molecule has 2 aromatic rings. The highest BCUT2D eigenvalue weighted by atomic mass is 15.2. The van der Waals surface area contributed by atoms with E-state index in [1.54, 1.807) is 0 Å². The van der Waals surface area contributed by atoms with Crippen molar-refractivity contribution in [3.05, 3.63) is 53.6 Å². The van der Waals surface area contributed by atoms with Gasteiger partial charge in [-0.15, -0.1) is 0 Å². The lowest BCUT2D eigenvalue weighted by molar-refractivity contribution is 0.386. The van der Waals surface area contributed by atoms with Crippen LogP contribution in [-0.4, -0.2) is 15.6 Å². The molecule has 2 atom stereocenters. The number of benzene rings is 1. The zero-order chi connectivity index (χ0) is 14.7. The van der Waals surface area contributed by atoms with Crippen LogP contribution in [0.4, 0.5) is 0 Å². The van der Waals surface area contributed by atoms with E-state index >= 15 is 0 Å². The fourth-order valence-corrected chi connectivity index (χ4v) is 3.54. The fourth-order valence-electron chi connectivity index (χ4n) is 3.54. The molecule has 0 radical (unpaired) electrons. The van der Waals surface area contributed by atoms with Crippen LogP contribution in [0, 0.1) is 0 Å². The van der Waals surface area contributed by atoms with Crippen LogP contribution in [0.15, 0.2) is 36.7 Å². The van der Waals surface area contributed by atoms with Gasteiger partial charge in [0.25, 0.3) is 0 Å². The summed E-state index contributed by atoms with van der Waals surface area (Å²) in [4.78, 5) is 4.49. The van der Waals surface area contributed by atoms with Crippen LogP contribution in [0.3, 0.4) is 0 Å². The summed E-state index contributed by atoms with van der Waals surface area (Å²) in [7, 11) is 0. The van der Waals surface area contributed by atoms with Gasteiger partial charge in [-0.05, 0) is 37.3 Å². The number of nitrogens with zero attached hydrogens (tertiary/aromatic N) is 2. The zero-order valence-electron chi connectivity index (χ0n) is 12.6. The quantitative estimate of drug-likeness (QED) is 0.655. The molecule has 4 heteroatoms. The van der Waals surface area contributed by atoms with Gasteiger partial charge in [-0.25, -0.2) is 4.98 Å². The number of fused-ring (bicyclic) bond motifs is 1. The molecule has 3 rings (SSSR count). The van der Waals surface area contributed by atoms with E-state index in [2.05, 4.69) is 46.2 Å². The Balaban J connectivity index is 1.84. The molecule has 2 unspecified atom stereocenters. The number of aryl methyl sites for hydroxylation is 2. The molecule has 0 saturated heterocycles. The highest BCUT2D eigenvalue weighted by Crippen LogP contribution is 2.34. The minimum atomic E-state index is 0.235. The number of nitrogens with one attached hydrogen (secondary N) is 1. The predicted octanol–water partition coefficient (Wildman–Crippen LogP) is 2.40. The molecule has 0 fully saturated rings. The van der Waals surface area contributed by atoms with Gasteiger partial charge in [0.1, 0.15) is 5.82 Å². The lowest BCUT2D eigenvalue weighted by atomic mass is 9.78. The smallest absolute Gasteiger partial charge is 0.110 e. The van der Waals surface area contributed by atoms with Gasteiger partial charge < -0.3 is 4.57 Å². The van der Waals surface area contributed by atoms with Crippen molar-refractivity contribution < 1.29 is 0 Å². The third kappa shape index (κ3) is 2.87. The van der Waals surface area contributed by atoms with Gasteiger partial charge in [0.05, 0.1) is 0 Å². The lowest BCUT2D eigenvalue weighted by Gasteiger charge is -2.32. The molecule has 0 aliphatic heterocycles. The number of hydrogen-bond acceptors (Lipinski definition) is 3. The largest absolute Gasteiger partial charge is 0.335 e. The van der Waals surface area contributed by atoms with E-state index in [1.807, 2.05) is 12.4 Å². The number of hydrazine groups is 1. The Kier molecular flexibility index (Phi) is 4.36. The van der Waals surface area contributed by atoms with Gasteiger partial charge >= 0.3 is 0 Å². The zero-order valence-corrected chi connectivity index (χ0v) is 12.6. The van der Waals surface area contributed by atoms with Gasteiger partial charge in [0.15, 0.2) is 0 Å². The van der Waals surface area contributed by atoms with E-state index in [4.69, 9.17) is 5.84 Å². The first-order valence-electron chi connectivity index (χ1n) is 7.87. The summed E-state index contributed by atoms with van der Waals surface area (Å²) in [5.41, 5.74) is 5.99. The van der Waals surface area contributed by atoms with Crippen LogP contribution in [0.2, 0.25) is 0 Å². The first kappa shape index (κ1) is 14.3. The van der Waals surface area contributed by atoms with Gasteiger partial charge in [0.2, 0.25) is 0 Å². The van der Waals surface area contributed by atoms with E-state index < -0.39 is 0 Å². The molecule has 0 saturated carbocycles. The minimum absolute atomic E-state index is 0.235. The number of imidazole rings is 1. The van der Waals surface area contributed by atoms with Gasteiger partial charge in [0, 0.05) is 37.3 Å². The monoisotopic (exact) mass is 284 g/mol. The molecule has 1 aliphatic carbocycles. The van der Waals surface area contributed by atoms with Gasteiger partial charge in [-0.3, -0.25) is 11.3 Å². The maximum atomic E-state index is 5.88. The minimum Gasteiger partial charge on any atom is -0.335 e. The molecule has 0 bridgehead atoms. The average molecular weight is 284 g/mol. The van der Waals surface area contributed by atoms with Crippen LogP contribution in [0.25, 0.3) is 0 Å². The third-order valence-electron chi connectivity index (χ3n) is 4.66. The summed E-state index contributed by atoms with van der Waals surface area (Å²) in [5.74, 6) is 7.47. The molecule has 4 nitrogen and oxygen atoms in total. The van der Waals surface area contributed by atoms with E-state index in [0.717, 1.165) is 18.8 Å². The molecular formula is C17H24N4. The highest BCUT2D eigenvalue weighted by Gasteiger charge is 2.28. The second kappa shape index (κ2) is 6.41. The van der Waals surface area contributed by atoms with E-state index in [0.29, 0.717) is 5.92 Å². The van der Waals surface area contributed by atoms with E-state index in [-0.39, 0.29) is 6.04 Å². The van der Waals surface area contributed by atoms with Crippen molar-refractivity contribution in [3.63, 3.8) is 0 Å². The molecule has 1 heterocycles. The first-order chi connectivity index (χ1) is 10.3. The van der Waals surface area contributed by atoms with Crippen molar-refractivity contribution in [2.75, 3.05) is 0 Å². The number of aromatic nitrogens is 2. The topological polar surface area (TPSA) is 55.9 Å². The summed E-state index contributed by atoms with van der Waals surface area (Å²) >= 11 is 0. The number of rotatable bonds is 5. The molecule has 1 aromatic carbocycles. The van der Waals surface area contributed by atoms with Crippen molar-refractivity contribution in [2.45, 2.75) is 51.1 Å². The standard InChI is InChI=1S/C17H24N4/c1-2-21-11-10-19-17(21)12-16(20-18)15-9-5-7-13-6-3-4-8-14(13)15/h3-4,6,8,10-11,15-16,20H,2,5,7,9,12,18H2,1H3. The molecule has 1 aliphatic rings. The maximum Gasteiger partial charge on any atom is 0.110 e. The molecule has 0 spiro atoms. The van der Waals surface area contributed by atoms with Crippen molar-refractivity contribution in [1.29, 1.82) is 0 Å². The average Bonchev–Trinajstić information content (AvgIpc) is 2.99. The Morgan fingerprint density at radius 3 is 3.10 bits per heavy atom. The molecule has 21 heavy (non-hydrogen) atoms.